The molecule has 6 nitrogen and oxygen atoms in total. The van der Waals surface area contributed by atoms with Crippen LogP contribution in [0.4, 0.5) is 5.82 Å². The normalized spacial score (nSPS) is 11.0. The molecule has 0 unspecified atom stereocenters. The van der Waals surface area contributed by atoms with Crippen LogP contribution < -0.4 is 10.7 Å². The molecule has 0 radical (unpaired) electrons. The number of nitrogens with zero attached hydrogens (tertiary/aromatic N) is 2. The second kappa shape index (κ2) is 6.85. The van der Waals surface area contributed by atoms with E-state index in [4.69, 9.17) is 4.42 Å². The van der Waals surface area contributed by atoms with Crippen molar-refractivity contribution in [2.75, 3.05) is 5.32 Å². The van der Waals surface area contributed by atoms with Crippen molar-refractivity contribution >= 4 is 34.0 Å². The highest BCUT2D eigenvalue weighted by Gasteiger charge is 2.15. The topological polar surface area (TPSA) is 77.1 Å². The minimum absolute atomic E-state index is 0.0281. The van der Waals surface area contributed by atoms with Crippen LogP contribution in [0.1, 0.15) is 26.6 Å². The van der Waals surface area contributed by atoms with Crippen molar-refractivity contribution in [2.45, 2.75) is 20.4 Å². The molecule has 0 saturated carbocycles. The van der Waals surface area contributed by atoms with E-state index in [1.54, 1.807) is 40.4 Å². The maximum absolute atomic E-state index is 12.6. The van der Waals surface area contributed by atoms with Gasteiger partial charge in [-0.2, -0.15) is 5.10 Å². The molecule has 4 rings (SSSR count). The molecule has 0 bridgehead atoms. The van der Waals surface area contributed by atoms with E-state index in [9.17, 15) is 9.59 Å². The summed E-state index contributed by atoms with van der Waals surface area (Å²) in [7, 11) is 0. The number of thiophene rings is 1. The summed E-state index contributed by atoms with van der Waals surface area (Å²) in [5.41, 5.74) is 2.17. The lowest BCUT2D eigenvalue weighted by Crippen LogP contribution is -2.18. The Morgan fingerprint density at radius 3 is 2.81 bits per heavy atom. The predicted molar refractivity (Wildman–Crippen MR) is 106 cm³/mol. The van der Waals surface area contributed by atoms with Gasteiger partial charge < -0.3 is 9.73 Å². The molecule has 0 aliphatic rings. The molecule has 3 aromatic heterocycles. The highest BCUT2D eigenvalue weighted by atomic mass is 32.1. The van der Waals surface area contributed by atoms with Gasteiger partial charge in [0.1, 0.15) is 11.4 Å². The summed E-state index contributed by atoms with van der Waals surface area (Å²) in [5, 5.41) is 9.47. The molecule has 4 aromatic rings. The first-order chi connectivity index (χ1) is 13.0. The maximum atomic E-state index is 12.6. The maximum Gasteiger partial charge on any atom is 0.292 e. The number of benzene rings is 1. The summed E-state index contributed by atoms with van der Waals surface area (Å²) in [4.78, 5) is 26.1. The lowest BCUT2D eigenvalue weighted by Gasteiger charge is -2.09. The molecule has 1 aromatic carbocycles. The minimum Gasteiger partial charge on any atom is -0.451 e. The van der Waals surface area contributed by atoms with Crippen molar-refractivity contribution in [1.29, 1.82) is 0 Å². The lowest BCUT2D eigenvalue weighted by molar-refractivity contribution is 0.0996. The standard InChI is InChI=1S/C20H17N3O3S/c1-12-8-15-16(24)10-18(26-17(15)9-13(12)2)20(25)22-19-5-6-21-23(19)11-14-4-3-7-27-14/h3-10H,11H2,1-2H3,(H,22,25). The predicted octanol–water partition coefficient (Wildman–Crippen LogP) is 3.97. The van der Waals surface area contributed by atoms with Crippen LogP contribution >= 0.6 is 11.3 Å². The Balaban J connectivity index is 1.63. The first-order valence-electron chi connectivity index (χ1n) is 8.42. The number of fused-ring (bicyclic) bond motifs is 1. The van der Waals surface area contributed by atoms with E-state index < -0.39 is 5.91 Å². The molecule has 1 N–H and O–H groups in total. The fourth-order valence-electron chi connectivity index (χ4n) is 2.82. The average molecular weight is 379 g/mol. The quantitative estimate of drug-likeness (QED) is 0.582. The molecule has 7 heteroatoms. The molecule has 0 spiro atoms. The highest BCUT2D eigenvalue weighted by molar-refractivity contribution is 7.09. The third-order valence-electron chi connectivity index (χ3n) is 4.41. The smallest absolute Gasteiger partial charge is 0.292 e. The van der Waals surface area contributed by atoms with Crippen LogP contribution in [0.3, 0.4) is 0 Å². The van der Waals surface area contributed by atoms with E-state index in [1.165, 1.54) is 6.07 Å². The minimum atomic E-state index is -0.486. The number of amides is 1. The van der Waals surface area contributed by atoms with Crippen molar-refractivity contribution in [2.24, 2.45) is 0 Å². The second-order valence-corrected chi connectivity index (χ2v) is 7.35. The third kappa shape index (κ3) is 3.41. The molecule has 0 saturated heterocycles. The Hall–Kier alpha value is -3.19. The van der Waals surface area contributed by atoms with E-state index in [0.717, 1.165) is 16.0 Å². The number of rotatable bonds is 4. The second-order valence-electron chi connectivity index (χ2n) is 6.32. The van der Waals surface area contributed by atoms with Gasteiger partial charge in [0.2, 0.25) is 0 Å². The first kappa shape index (κ1) is 17.2. The highest BCUT2D eigenvalue weighted by Crippen LogP contribution is 2.19. The molecule has 0 fully saturated rings. The van der Waals surface area contributed by atoms with Crippen molar-refractivity contribution in [1.82, 2.24) is 9.78 Å². The number of hydrogen-bond donors (Lipinski definition) is 1. The Morgan fingerprint density at radius 2 is 2.04 bits per heavy atom. The summed E-state index contributed by atoms with van der Waals surface area (Å²) in [6.45, 7) is 4.43. The summed E-state index contributed by atoms with van der Waals surface area (Å²) >= 11 is 1.62. The Labute approximate surface area is 159 Å². The zero-order valence-electron chi connectivity index (χ0n) is 14.9. The number of hydrogen-bond acceptors (Lipinski definition) is 5. The van der Waals surface area contributed by atoms with Gasteiger partial charge in [-0.3, -0.25) is 9.59 Å². The van der Waals surface area contributed by atoms with Crippen LogP contribution in [0, 0.1) is 13.8 Å². The number of carbonyl (C=O) groups excluding carboxylic acids is 1. The van der Waals surface area contributed by atoms with Gasteiger partial charge in [-0.1, -0.05) is 6.07 Å². The zero-order chi connectivity index (χ0) is 19.0. The van der Waals surface area contributed by atoms with E-state index in [1.807, 2.05) is 31.4 Å². The molecule has 1 amide bonds. The first-order valence-corrected chi connectivity index (χ1v) is 9.30. The number of anilines is 1. The Bertz CT molecular complexity index is 1190. The lowest BCUT2D eigenvalue weighted by atomic mass is 10.1. The molecule has 0 aliphatic carbocycles. The third-order valence-corrected chi connectivity index (χ3v) is 5.27. The van der Waals surface area contributed by atoms with E-state index in [0.29, 0.717) is 23.3 Å². The van der Waals surface area contributed by atoms with Gasteiger partial charge in [-0.15, -0.1) is 11.3 Å². The number of carbonyl (C=O) groups is 1. The Morgan fingerprint density at radius 1 is 1.22 bits per heavy atom. The van der Waals surface area contributed by atoms with Gasteiger partial charge >= 0.3 is 0 Å². The SMILES string of the molecule is Cc1cc2oc(C(=O)Nc3ccnn3Cc3cccs3)cc(=O)c2cc1C. The van der Waals surface area contributed by atoms with Gasteiger partial charge in [0.15, 0.2) is 11.2 Å². The monoisotopic (exact) mass is 379 g/mol. The molecule has 0 atom stereocenters. The Kier molecular flexibility index (Phi) is 4.37. The van der Waals surface area contributed by atoms with Gasteiger partial charge in [-0.25, -0.2) is 4.68 Å². The molecular formula is C20H17N3O3S. The van der Waals surface area contributed by atoms with E-state index >= 15 is 0 Å². The average Bonchev–Trinajstić information content (AvgIpc) is 3.29. The summed E-state index contributed by atoms with van der Waals surface area (Å²) in [6.07, 6.45) is 1.62. The zero-order valence-corrected chi connectivity index (χ0v) is 15.7. The van der Waals surface area contributed by atoms with Crippen LogP contribution in [0.25, 0.3) is 11.0 Å². The largest absolute Gasteiger partial charge is 0.451 e. The van der Waals surface area contributed by atoms with Crippen molar-refractivity contribution in [3.63, 3.8) is 0 Å². The summed E-state index contributed by atoms with van der Waals surface area (Å²) in [6, 6.07) is 10.5. The van der Waals surface area contributed by atoms with E-state index in [-0.39, 0.29) is 11.2 Å². The summed E-state index contributed by atoms with van der Waals surface area (Å²) in [5.74, 6) is 0.0241. The fraction of sp³-hybridized carbons (Fsp3) is 0.150. The van der Waals surface area contributed by atoms with Gasteiger partial charge in [0, 0.05) is 17.0 Å². The molecular weight excluding hydrogens is 362 g/mol. The van der Waals surface area contributed by atoms with Crippen LogP contribution in [-0.2, 0) is 6.54 Å². The molecule has 27 heavy (non-hydrogen) atoms. The molecule has 3 heterocycles. The number of aryl methyl sites for hydroxylation is 2. The van der Waals surface area contributed by atoms with Gasteiger partial charge in [0.05, 0.1) is 18.1 Å². The van der Waals surface area contributed by atoms with Crippen LogP contribution in [-0.4, -0.2) is 15.7 Å². The van der Waals surface area contributed by atoms with Crippen molar-refractivity contribution in [3.05, 3.63) is 80.0 Å². The van der Waals surface area contributed by atoms with Crippen LogP contribution in [0.15, 0.2) is 57.2 Å². The number of aromatic nitrogens is 2. The van der Waals surface area contributed by atoms with Crippen molar-refractivity contribution in [3.8, 4) is 0 Å². The van der Waals surface area contributed by atoms with Crippen LogP contribution in [0.2, 0.25) is 0 Å². The van der Waals surface area contributed by atoms with Gasteiger partial charge in [0.25, 0.3) is 5.91 Å². The van der Waals surface area contributed by atoms with Crippen molar-refractivity contribution < 1.29 is 9.21 Å². The van der Waals surface area contributed by atoms with E-state index in [2.05, 4.69) is 10.4 Å². The molecule has 136 valence electrons. The van der Waals surface area contributed by atoms with Crippen LogP contribution in [0.5, 0.6) is 0 Å². The fourth-order valence-corrected chi connectivity index (χ4v) is 3.50. The molecule has 0 aliphatic heterocycles. The number of nitrogens with one attached hydrogen (secondary N) is 1. The van der Waals surface area contributed by atoms with Gasteiger partial charge in [-0.05, 0) is 48.6 Å². The summed E-state index contributed by atoms with van der Waals surface area (Å²) < 4.78 is 7.39.